The molecule has 0 fully saturated rings. The van der Waals surface area contributed by atoms with Crippen LogP contribution in [0, 0.1) is 7.43 Å². The summed E-state index contributed by atoms with van der Waals surface area (Å²) in [6.45, 7) is 0. The van der Waals surface area contributed by atoms with Crippen molar-refractivity contribution in [3.8, 4) is 0 Å². The van der Waals surface area contributed by atoms with Gasteiger partial charge in [0.05, 0.1) is 0 Å². The Hall–Kier alpha value is 0.739. The minimum atomic E-state index is -5.39. The number of hydrogen-bond donors (Lipinski definition) is 0. The number of hydrogen-bond acceptors (Lipinski definition) is 8. The first-order chi connectivity index (χ1) is 4.00. The molecular formula is CMnO8P2. The molecule has 0 saturated carbocycles. The molecular weight excluding hydrogens is 257 g/mol. The van der Waals surface area contributed by atoms with E-state index in [4.69, 9.17) is 38.5 Å². The number of rotatable bonds is 0. The number of phosphoric acid groups is 2. The van der Waals surface area contributed by atoms with Gasteiger partial charge in [0, 0.05) is 0 Å². The van der Waals surface area contributed by atoms with E-state index in [-0.39, 0.29) is 24.5 Å². The maximum atomic E-state index is 8.55. The van der Waals surface area contributed by atoms with E-state index in [2.05, 4.69) is 0 Å². The molecule has 0 aliphatic rings. The molecule has 0 heterocycles. The third kappa shape index (κ3) is 1860. The van der Waals surface area contributed by atoms with Crippen LogP contribution in [0.2, 0.25) is 0 Å². The quantitative estimate of drug-likeness (QED) is 0.305. The van der Waals surface area contributed by atoms with Crippen molar-refractivity contribution >= 4 is 15.6 Å². The Morgan fingerprint density at radius 1 is 0.667 bits per heavy atom. The second-order valence-electron chi connectivity index (χ2n) is 0.894. The molecule has 0 rings (SSSR count). The van der Waals surface area contributed by atoms with Crippen LogP contribution in [0.5, 0.6) is 0 Å². The van der Waals surface area contributed by atoms with Crippen LogP contribution in [-0.2, 0) is 26.2 Å². The van der Waals surface area contributed by atoms with Crippen molar-refractivity contribution in [2.45, 2.75) is 0 Å². The van der Waals surface area contributed by atoms with Crippen molar-refractivity contribution in [1.82, 2.24) is 0 Å². The maximum Gasteiger partial charge on any atom is 4.00 e. The summed E-state index contributed by atoms with van der Waals surface area (Å²) >= 11 is 0. The molecule has 0 aliphatic heterocycles. The predicted molar refractivity (Wildman–Crippen MR) is 18.5 cm³/mol. The molecule has 0 aromatic rings. The van der Waals surface area contributed by atoms with E-state index < -0.39 is 15.6 Å². The average Bonchev–Trinajstić information content (AvgIpc) is 1.12. The zero-order valence-electron chi connectivity index (χ0n) is 5.04. The Morgan fingerprint density at radius 2 is 0.667 bits per heavy atom. The van der Waals surface area contributed by atoms with Crippen LogP contribution in [0.3, 0.4) is 0 Å². The van der Waals surface area contributed by atoms with E-state index in [1.165, 1.54) is 0 Å². The summed E-state index contributed by atoms with van der Waals surface area (Å²) in [5.41, 5.74) is 0. The smallest absolute Gasteiger partial charge is 0.822 e. The normalized spacial score (nSPS) is 9.83. The van der Waals surface area contributed by atoms with Gasteiger partial charge in [-0.05, 0) is 0 Å². The Labute approximate surface area is 79.2 Å². The molecule has 0 N–H and O–H groups in total. The summed E-state index contributed by atoms with van der Waals surface area (Å²) in [5, 5.41) is 0. The van der Waals surface area contributed by atoms with Crippen LogP contribution < -0.4 is 29.4 Å². The van der Waals surface area contributed by atoms with Gasteiger partial charge in [0.15, 0.2) is 0 Å². The topological polar surface area (TPSA) is 172 Å². The molecule has 0 bridgehead atoms. The van der Waals surface area contributed by atoms with Crippen molar-refractivity contribution in [3.63, 3.8) is 0 Å². The third-order valence-electron chi connectivity index (χ3n) is 0. The Bertz CT molecular complexity index is 129. The van der Waals surface area contributed by atoms with Crippen LogP contribution in [-0.4, -0.2) is 0 Å². The van der Waals surface area contributed by atoms with Gasteiger partial charge in [-0.3, -0.25) is 0 Å². The first-order valence-corrected chi connectivity index (χ1v) is 4.38. The average molecular weight is 257 g/mol. The molecule has 69 valence electrons. The summed E-state index contributed by atoms with van der Waals surface area (Å²) in [6.07, 6.45) is 0. The Morgan fingerprint density at radius 3 is 0.667 bits per heavy atom. The van der Waals surface area contributed by atoms with Gasteiger partial charge in [0.25, 0.3) is 0 Å². The van der Waals surface area contributed by atoms with Crippen LogP contribution in [0.4, 0.5) is 0 Å². The van der Waals surface area contributed by atoms with E-state index in [0.29, 0.717) is 0 Å². The monoisotopic (exact) mass is 257 g/mol. The van der Waals surface area contributed by atoms with Crippen LogP contribution in [0.25, 0.3) is 0 Å². The van der Waals surface area contributed by atoms with Gasteiger partial charge in [-0.15, -0.1) is 0 Å². The zero-order valence-corrected chi connectivity index (χ0v) is 8.01. The van der Waals surface area contributed by atoms with Crippen molar-refractivity contribution in [2.24, 2.45) is 0 Å². The molecule has 0 aromatic carbocycles. The molecule has 1 radical (unpaired) electrons. The third-order valence-corrected chi connectivity index (χ3v) is 0. The standard InChI is InChI=1S/C.Mn.2H3O4P/c;;2*1-5(2,3)4/h;;2*(H3,1,2,3,4)/q+4;+2;;/p-6. The predicted octanol–water partition coefficient (Wildman–Crippen LogP) is -5.57. The van der Waals surface area contributed by atoms with E-state index >= 15 is 0 Å². The van der Waals surface area contributed by atoms with Crippen LogP contribution in [0.1, 0.15) is 0 Å². The summed E-state index contributed by atoms with van der Waals surface area (Å²) in [4.78, 5) is 51.3. The fourth-order valence-electron chi connectivity index (χ4n) is 0. The molecule has 0 unspecified atom stereocenters. The van der Waals surface area contributed by atoms with Gasteiger partial charge in [0.2, 0.25) is 0 Å². The van der Waals surface area contributed by atoms with Gasteiger partial charge in [-0.2, -0.15) is 15.6 Å². The van der Waals surface area contributed by atoms with Gasteiger partial charge in [0.1, 0.15) is 0 Å². The molecule has 0 spiro atoms. The fourth-order valence-corrected chi connectivity index (χ4v) is 0. The first-order valence-electron chi connectivity index (χ1n) is 1.46. The minimum absolute atomic E-state index is 0. The van der Waals surface area contributed by atoms with Crippen molar-refractivity contribution in [2.75, 3.05) is 0 Å². The van der Waals surface area contributed by atoms with Gasteiger partial charge in [-0.1, -0.05) is 0 Å². The second-order valence-corrected chi connectivity index (χ2v) is 2.68. The van der Waals surface area contributed by atoms with E-state index in [9.17, 15) is 0 Å². The molecule has 0 aliphatic carbocycles. The summed E-state index contributed by atoms with van der Waals surface area (Å²) in [6, 6.07) is 0. The molecule has 0 saturated heterocycles. The van der Waals surface area contributed by atoms with E-state index in [1.807, 2.05) is 0 Å². The van der Waals surface area contributed by atoms with Crippen LogP contribution >= 0.6 is 15.6 Å². The van der Waals surface area contributed by atoms with Gasteiger partial charge >= 0.3 is 24.5 Å². The molecule has 12 heavy (non-hydrogen) atoms. The van der Waals surface area contributed by atoms with Crippen molar-refractivity contribution < 1.29 is 55.6 Å². The first kappa shape index (κ1) is 23.0. The summed E-state index contributed by atoms with van der Waals surface area (Å²) < 4.78 is 17.1. The SMILES string of the molecule is O=P([O-])([O-])[O-].O=P([O-])([O-])[O-].[C+4].[Mn+2]. The maximum absolute atomic E-state index is 8.55. The zero-order chi connectivity index (χ0) is 9.00. The van der Waals surface area contributed by atoms with Gasteiger partial charge in [-0.25, -0.2) is 0 Å². The largest absolute Gasteiger partial charge is 4.00 e. The minimum Gasteiger partial charge on any atom is -0.822 e. The summed E-state index contributed by atoms with van der Waals surface area (Å²) in [5.74, 6) is 0. The molecule has 0 aromatic heterocycles. The van der Waals surface area contributed by atoms with E-state index in [0.717, 1.165) is 0 Å². The Kier molecular flexibility index (Phi) is 16.0. The van der Waals surface area contributed by atoms with Crippen molar-refractivity contribution in [3.05, 3.63) is 7.43 Å². The Balaban J connectivity index is -0.0000000457. The molecule has 0 atom stereocenters. The van der Waals surface area contributed by atoms with Crippen LogP contribution in [0.15, 0.2) is 0 Å². The molecule has 8 nitrogen and oxygen atoms in total. The molecule has 11 heteroatoms. The summed E-state index contributed by atoms with van der Waals surface area (Å²) in [7, 11) is -10.8. The fraction of sp³-hybridized carbons (Fsp3) is 0. The second kappa shape index (κ2) is 8.34. The van der Waals surface area contributed by atoms with E-state index in [1.54, 1.807) is 0 Å². The molecule has 0 amide bonds. The van der Waals surface area contributed by atoms with Gasteiger partial charge < -0.3 is 38.5 Å². The van der Waals surface area contributed by atoms with Crippen molar-refractivity contribution in [1.29, 1.82) is 0 Å².